The van der Waals surface area contributed by atoms with Crippen LogP contribution in [0.3, 0.4) is 0 Å². The van der Waals surface area contributed by atoms with Crippen LogP contribution in [0.4, 0.5) is 5.69 Å². The molecular weight excluding hydrogens is 280 g/mol. The van der Waals surface area contributed by atoms with Crippen LogP contribution in [0.5, 0.6) is 0 Å². The minimum absolute atomic E-state index is 0.494. The van der Waals surface area contributed by atoms with Gasteiger partial charge in [-0.2, -0.15) is 0 Å². The fourth-order valence-corrected chi connectivity index (χ4v) is 2.51. The summed E-state index contributed by atoms with van der Waals surface area (Å²) >= 11 is 6.24. The lowest BCUT2D eigenvalue weighted by atomic mass is 10.1. The van der Waals surface area contributed by atoms with Crippen LogP contribution in [-0.2, 0) is 6.54 Å². The molecule has 0 spiro atoms. The summed E-state index contributed by atoms with van der Waals surface area (Å²) in [5, 5.41) is 4.35. The molecule has 0 atom stereocenters. The summed E-state index contributed by atoms with van der Waals surface area (Å²) < 4.78 is 0. The van der Waals surface area contributed by atoms with Gasteiger partial charge in [0.1, 0.15) is 0 Å². The number of hydrogen-bond donors (Lipinski definition) is 1. The number of benzene rings is 1. The molecule has 0 radical (unpaired) electrons. The number of nitrogens with one attached hydrogen (secondary N) is 1. The first-order chi connectivity index (χ1) is 10.1. The number of hydrogen-bond acceptors (Lipinski definition) is 2. The number of unbranched alkanes of at least 4 members (excludes halogenated alkanes) is 2. The zero-order chi connectivity index (χ0) is 15.7. The molecule has 2 nitrogen and oxygen atoms in total. The third-order valence-electron chi connectivity index (χ3n) is 3.65. The maximum absolute atomic E-state index is 6.24. The fourth-order valence-electron chi connectivity index (χ4n) is 2.35. The van der Waals surface area contributed by atoms with Gasteiger partial charge in [-0.05, 0) is 30.5 Å². The van der Waals surface area contributed by atoms with E-state index in [0.717, 1.165) is 24.7 Å². The molecule has 3 heteroatoms. The van der Waals surface area contributed by atoms with Crippen molar-refractivity contribution in [3.05, 3.63) is 28.8 Å². The molecule has 0 bridgehead atoms. The van der Waals surface area contributed by atoms with E-state index >= 15 is 0 Å². The summed E-state index contributed by atoms with van der Waals surface area (Å²) in [6.45, 7) is 12.0. The number of rotatable bonds is 10. The molecule has 1 aromatic rings. The van der Waals surface area contributed by atoms with Crippen molar-refractivity contribution < 1.29 is 0 Å². The van der Waals surface area contributed by atoms with Crippen molar-refractivity contribution >= 4 is 17.3 Å². The molecule has 21 heavy (non-hydrogen) atoms. The van der Waals surface area contributed by atoms with E-state index in [-0.39, 0.29) is 0 Å². The fraction of sp³-hybridized carbons (Fsp3) is 0.667. The van der Waals surface area contributed by atoms with E-state index in [9.17, 15) is 0 Å². The lowest BCUT2D eigenvalue weighted by Gasteiger charge is -2.28. The van der Waals surface area contributed by atoms with Gasteiger partial charge in [-0.3, -0.25) is 0 Å². The van der Waals surface area contributed by atoms with Crippen molar-refractivity contribution in [3.8, 4) is 0 Å². The predicted molar refractivity (Wildman–Crippen MR) is 95.5 cm³/mol. The van der Waals surface area contributed by atoms with E-state index < -0.39 is 0 Å². The predicted octanol–water partition coefficient (Wildman–Crippen LogP) is 5.24. The number of anilines is 1. The van der Waals surface area contributed by atoms with Gasteiger partial charge in [0.25, 0.3) is 0 Å². The van der Waals surface area contributed by atoms with Gasteiger partial charge in [0, 0.05) is 36.4 Å². The van der Waals surface area contributed by atoms with Crippen LogP contribution in [0.15, 0.2) is 18.2 Å². The quantitative estimate of drug-likeness (QED) is 0.635. The molecule has 0 unspecified atom stereocenters. The summed E-state index contributed by atoms with van der Waals surface area (Å²) in [4.78, 5) is 2.51. The highest BCUT2D eigenvalue weighted by Crippen LogP contribution is 2.26. The van der Waals surface area contributed by atoms with E-state index in [4.69, 9.17) is 11.6 Å². The highest BCUT2D eigenvalue weighted by Gasteiger charge is 2.12. The molecule has 0 aromatic heterocycles. The van der Waals surface area contributed by atoms with Crippen LogP contribution in [-0.4, -0.2) is 19.1 Å². The molecule has 0 amide bonds. The van der Waals surface area contributed by atoms with Gasteiger partial charge in [-0.25, -0.2) is 0 Å². The average molecular weight is 311 g/mol. The Morgan fingerprint density at radius 1 is 1.10 bits per heavy atom. The monoisotopic (exact) mass is 310 g/mol. The first kappa shape index (κ1) is 18.3. The first-order valence-electron chi connectivity index (χ1n) is 8.35. The average Bonchev–Trinajstić information content (AvgIpc) is 2.46. The SMILES string of the molecule is CCCCN(CCCC)c1cc(Cl)ccc1CNC(C)C. The second-order valence-corrected chi connectivity index (χ2v) is 6.44. The van der Waals surface area contributed by atoms with E-state index in [0.29, 0.717) is 6.04 Å². The van der Waals surface area contributed by atoms with Gasteiger partial charge >= 0.3 is 0 Å². The summed E-state index contributed by atoms with van der Waals surface area (Å²) in [6, 6.07) is 6.79. The Bertz CT molecular complexity index is 396. The Labute approximate surface area is 135 Å². The summed E-state index contributed by atoms with van der Waals surface area (Å²) in [5.41, 5.74) is 2.65. The van der Waals surface area contributed by atoms with E-state index in [1.165, 1.54) is 36.9 Å². The molecule has 120 valence electrons. The molecular formula is C18H31ClN2. The first-order valence-corrected chi connectivity index (χ1v) is 8.73. The van der Waals surface area contributed by atoms with Gasteiger partial charge in [0.05, 0.1) is 0 Å². The van der Waals surface area contributed by atoms with Crippen LogP contribution < -0.4 is 10.2 Å². The van der Waals surface area contributed by atoms with Crippen molar-refractivity contribution in [1.29, 1.82) is 0 Å². The lowest BCUT2D eigenvalue weighted by Crippen LogP contribution is -2.29. The van der Waals surface area contributed by atoms with Gasteiger partial charge in [0.2, 0.25) is 0 Å². The van der Waals surface area contributed by atoms with Crippen LogP contribution >= 0.6 is 11.6 Å². The molecule has 0 heterocycles. The number of nitrogens with zero attached hydrogens (tertiary/aromatic N) is 1. The lowest BCUT2D eigenvalue weighted by molar-refractivity contribution is 0.586. The normalized spacial score (nSPS) is 11.1. The Kier molecular flexibility index (Phi) is 8.79. The van der Waals surface area contributed by atoms with Gasteiger partial charge < -0.3 is 10.2 Å². The molecule has 0 saturated heterocycles. The van der Waals surface area contributed by atoms with Crippen molar-refractivity contribution in [3.63, 3.8) is 0 Å². The van der Waals surface area contributed by atoms with Crippen LogP contribution in [0, 0.1) is 0 Å². The van der Waals surface area contributed by atoms with Crippen molar-refractivity contribution in [2.45, 2.75) is 66.0 Å². The van der Waals surface area contributed by atoms with Gasteiger partial charge in [0.15, 0.2) is 0 Å². The Morgan fingerprint density at radius 3 is 2.24 bits per heavy atom. The molecule has 0 saturated carbocycles. The minimum Gasteiger partial charge on any atom is -0.371 e. The summed E-state index contributed by atoms with van der Waals surface area (Å²) in [5.74, 6) is 0. The second kappa shape index (κ2) is 10.1. The van der Waals surface area contributed by atoms with Crippen LogP contribution in [0.2, 0.25) is 5.02 Å². The Hall–Kier alpha value is -0.730. The summed E-state index contributed by atoms with van der Waals surface area (Å²) in [7, 11) is 0. The van der Waals surface area contributed by atoms with Crippen molar-refractivity contribution in [1.82, 2.24) is 5.32 Å². The Balaban J connectivity index is 2.93. The second-order valence-electron chi connectivity index (χ2n) is 6.00. The Morgan fingerprint density at radius 2 is 1.71 bits per heavy atom. The van der Waals surface area contributed by atoms with E-state index in [1.54, 1.807) is 0 Å². The maximum atomic E-state index is 6.24. The van der Waals surface area contributed by atoms with Crippen molar-refractivity contribution in [2.24, 2.45) is 0 Å². The van der Waals surface area contributed by atoms with E-state index in [2.05, 4.69) is 50.0 Å². The molecule has 1 N–H and O–H groups in total. The van der Waals surface area contributed by atoms with Gasteiger partial charge in [-0.15, -0.1) is 0 Å². The van der Waals surface area contributed by atoms with Crippen LogP contribution in [0.1, 0.15) is 58.9 Å². The zero-order valence-electron chi connectivity index (χ0n) is 14.1. The standard InChI is InChI=1S/C18H31ClN2/c1-5-7-11-21(12-8-6-2)18-13-17(19)10-9-16(18)14-20-15(3)4/h9-10,13,15,20H,5-8,11-12,14H2,1-4H3. The highest BCUT2D eigenvalue weighted by atomic mass is 35.5. The smallest absolute Gasteiger partial charge is 0.0426 e. The largest absolute Gasteiger partial charge is 0.371 e. The molecule has 0 aliphatic carbocycles. The number of halogens is 1. The highest BCUT2D eigenvalue weighted by molar-refractivity contribution is 6.30. The zero-order valence-corrected chi connectivity index (χ0v) is 14.8. The molecule has 1 aromatic carbocycles. The molecule has 0 aliphatic heterocycles. The molecule has 1 rings (SSSR count). The minimum atomic E-state index is 0.494. The van der Waals surface area contributed by atoms with E-state index in [1.807, 2.05) is 6.07 Å². The van der Waals surface area contributed by atoms with Crippen LogP contribution in [0.25, 0.3) is 0 Å². The third-order valence-corrected chi connectivity index (χ3v) is 3.89. The summed E-state index contributed by atoms with van der Waals surface area (Å²) in [6.07, 6.45) is 4.91. The topological polar surface area (TPSA) is 15.3 Å². The van der Waals surface area contributed by atoms with Gasteiger partial charge in [-0.1, -0.05) is 58.2 Å². The molecule has 0 fully saturated rings. The third kappa shape index (κ3) is 6.71. The van der Waals surface area contributed by atoms with Crippen molar-refractivity contribution in [2.75, 3.05) is 18.0 Å². The maximum Gasteiger partial charge on any atom is 0.0426 e. The molecule has 0 aliphatic rings.